The second kappa shape index (κ2) is 6.39. The van der Waals surface area contributed by atoms with Gasteiger partial charge < -0.3 is 10.0 Å². The lowest BCUT2D eigenvalue weighted by Gasteiger charge is -2.28. The summed E-state index contributed by atoms with van der Waals surface area (Å²) in [5, 5.41) is 9.09. The highest BCUT2D eigenvalue weighted by atomic mass is 16.3. The molecule has 80 valence electrons. The van der Waals surface area contributed by atoms with Gasteiger partial charge in [0.15, 0.2) is 0 Å². The lowest BCUT2D eigenvalue weighted by Crippen LogP contribution is -2.34. The predicted molar refractivity (Wildman–Crippen MR) is 57.9 cm³/mol. The van der Waals surface area contributed by atoms with E-state index in [0.717, 1.165) is 13.1 Å². The van der Waals surface area contributed by atoms with Crippen LogP contribution < -0.4 is 0 Å². The van der Waals surface area contributed by atoms with Crippen molar-refractivity contribution >= 4 is 0 Å². The van der Waals surface area contributed by atoms with Crippen molar-refractivity contribution in [2.24, 2.45) is 5.41 Å². The van der Waals surface area contributed by atoms with Crippen LogP contribution in [0.3, 0.4) is 0 Å². The minimum atomic E-state index is 0.0426. The molecule has 0 radical (unpaired) electrons. The fraction of sp³-hybridized carbons (Fsp3) is 1.00. The number of hydrogen-bond acceptors (Lipinski definition) is 2. The van der Waals surface area contributed by atoms with Crippen molar-refractivity contribution in [3.8, 4) is 0 Å². The molecule has 0 amide bonds. The average Bonchev–Trinajstić information content (AvgIpc) is 2.04. The Morgan fingerprint density at radius 1 is 1.23 bits per heavy atom. The van der Waals surface area contributed by atoms with Gasteiger partial charge in [-0.25, -0.2) is 0 Å². The lowest BCUT2D eigenvalue weighted by molar-refractivity contribution is 0.114. The minimum Gasteiger partial charge on any atom is -0.396 e. The summed E-state index contributed by atoms with van der Waals surface area (Å²) < 4.78 is 0. The first kappa shape index (κ1) is 12.9. The van der Waals surface area contributed by atoms with E-state index in [1.807, 2.05) is 0 Å². The summed E-state index contributed by atoms with van der Waals surface area (Å²) in [5.41, 5.74) is 0.0426. The highest BCUT2D eigenvalue weighted by molar-refractivity contribution is 4.70. The average molecular weight is 187 g/mol. The monoisotopic (exact) mass is 187 g/mol. The van der Waals surface area contributed by atoms with Crippen LogP contribution in [0.15, 0.2) is 0 Å². The molecular weight excluding hydrogens is 162 g/mol. The molecule has 0 heterocycles. The van der Waals surface area contributed by atoms with Crippen LogP contribution in [0.1, 0.15) is 40.0 Å². The number of unbranched alkanes of at least 4 members (excludes halogenated alkanes) is 2. The zero-order valence-corrected chi connectivity index (χ0v) is 9.64. The zero-order chi connectivity index (χ0) is 10.3. The van der Waals surface area contributed by atoms with Crippen molar-refractivity contribution in [1.82, 2.24) is 4.90 Å². The van der Waals surface area contributed by atoms with E-state index < -0.39 is 0 Å². The summed E-state index contributed by atoms with van der Waals surface area (Å²) in [5.74, 6) is 0. The van der Waals surface area contributed by atoms with E-state index in [1.54, 1.807) is 0 Å². The largest absolute Gasteiger partial charge is 0.396 e. The Morgan fingerprint density at radius 2 is 1.85 bits per heavy atom. The van der Waals surface area contributed by atoms with Gasteiger partial charge >= 0.3 is 0 Å². The van der Waals surface area contributed by atoms with Gasteiger partial charge in [-0.05, 0) is 20.0 Å². The molecular formula is C11H25NO. The van der Waals surface area contributed by atoms with Gasteiger partial charge in [0.25, 0.3) is 0 Å². The SMILES string of the molecule is CCCCCN(C)CC(C)(C)CO. The second-order valence-corrected chi connectivity index (χ2v) is 4.77. The van der Waals surface area contributed by atoms with Crippen molar-refractivity contribution in [3.63, 3.8) is 0 Å². The highest BCUT2D eigenvalue weighted by Crippen LogP contribution is 2.14. The molecule has 0 saturated heterocycles. The van der Waals surface area contributed by atoms with Crippen LogP contribution in [0.5, 0.6) is 0 Å². The van der Waals surface area contributed by atoms with Gasteiger partial charge in [-0.3, -0.25) is 0 Å². The maximum atomic E-state index is 9.09. The van der Waals surface area contributed by atoms with Crippen LogP contribution in [0.25, 0.3) is 0 Å². The number of nitrogens with zero attached hydrogens (tertiary/aromatic N) is 1. The summed E-state index contributed by atoms with van der Waals surface area (Å²) in [6.45, 7) is 8.82. The normalized spacial score (nSPS) is 12.5. The predicted octanol–water partition coefficient (Wildman–Crippen LogP) is 2.13. The van der Waals surface area contributed by atoms with Crippen LogP contribution >= 0.6 is 0 Å². The molecule has 0 aromatic rings. The van der Waals surface area contributed by atoms with E-state index in [-0.39, 0.29) is 12.0 Å². The molecule has 0 saturated carbocycles. The summed E-state index contributed by atoms with van der Waals surface area (Å²) in [7, 11) is 2.13. The van der Waals surface area contributed by atoms with Crippen molar-refractivity contribution in [2.45, 2.75) is 40.0 Å². The molecule has 0 bridgehead atoms. The molecule has 0 spiro atoms. The summed E-state index contributed by atoms with van der Waals surface area (Å²) in [6, 6.07) is 0. The van der Waals surface area contributed by atoms with E-state index in [2.05, 4.69) is 32.7 Å². The zero-order valence-electron chi connectivity index (χ0n) is 9.64. The van der Waals surface area contributed by atoms with Gasteiger partial charge in [-0.2, -0.15) is 0 Å². The Balaban J connectivity index is 3.55. The Kier molecular flexibility index (Phi) is 6.35. The molecule has 0 unspecified atom stereocenters. The first-order chi connectivity index (χ1) is 6.02. The number of rotatable bonds is 7. The molecule has 0 aromatic heterocycles. The van der Waals surface area contributed by atoms with Gasteiger partial charge in [0, 0.05) is 18.6 Å². The van der Waals surface area contributed by atoms with E-state index in [0.29, 0.717) is 0 Å². The summed E-state index contributed by atoms with van der Waals surface area (Å²) in [4.78, 5) is 2.31. The van der Waals surface area contributed by atoms with E-state index in [9.17, 15) is 0 Å². The van der Waals surface area contributed by atoms with Gasteiger partial charge in [-0.15, -0.1) is 0 Å². The topological polar surface area (TPSA) is 23.5 Å². The maximum Gasteiger partial charge on any atom is 0.0494 e. The minimum absolute atomic E-state index is 0.0426. The fourth-order valence-electron chi connectivity index (χ4n) is 1.49. The molecule has 2 heteroatoms. The van der Waals surface area contributed by atoms with Crippen molar-refractivity contribution in [3.05, 3.63) is 0 Å². The first-order valence-electron chi connectivity index (χ1n) is 5.31. The Morgan fingerprint density at radius 3 is 2.31 bits per heavy atom. The highest BCUT2D eigenvalue weighted by Gasteiger charge is 2.18. The molecule has 0 rings (SSSR count). The number of aliphatic hydroxyl groups is 1. The summed E-state index contributed by atoms with van der Waals surface area (Å²) in [6.07, 6.45) is 3.86. The van der Waals surface area contributed by atoms with Crippen LogP contribution in [-0.4, -0.2) is 36.8 Å². The van der Waals surface area contributed by atoms with Crippen LogP contribution in [0, 0.1) is 5.41 Å². The smallest absolute Gasteiger partial charge is 0.0494 e. The van der Waals surface area contributed by atoms with Gasteiger partial charge in [0.2, 0.25) is 0 Å². The van der Waals surface area contributed by atoms with Gasteiger partial charge in [0.1, 0.15) is 0 Å². The Labute approximate surface area is 82.9 Å². The quantitative estimate of drug-likeness (QED) is 0.617. The number of aliphatic hydroxyl groups excluding tert-OH is 1. The Bertz CT molecular complexity index is 123. The third kappa shape index (κ3) is 7.03. The number of hydrogen-bond donors (Lipinski definition) is 1. The van der Waals surface area contributed by atoms with Crippen molar-refractivity contribution in [1.29, 1.82) is 0 Å². The van der Waals surface area contributed by atoms with Crippen LogP contribution in [0.2, 0.25) is 0 Å². The van der Waals surface area contributed by atoms with Gasteiger partial charge in [0.05, 0.1) is 0 Å². The second-order valence-electron chi connectivity index (χ2n) is 4.77. The molecule has 0 aliphatic carbocycles. The van der Waals surface area contributed by atoms with E-state index in [4.69, 9.17) is 5.11 Å². The molecule has 0 atom stereocenters. The third-order valence-corrected chi connectivity index (χ3v) is 2.27. The molecule has 13 heavy (non-hydrogen) atoms. The lowest BCUT2D eigenvalue weighted by atomic mass is 9.94. The molecule has 0 aliphatic rings. The van der Waals surface area contributed by atoms with E-state index in [1.165, 1.54) is 19.3 Å². The van der Waals surface area contributed by atoms with Gasteiger partial charge in [-0.1, -0.05) is 33.6 Å². The molecule has 0 fully saturated rings. The van der Waals surface area contributed by atoms with E-state index >= 15 is 0 Å². The molecule has 2 nitrogen and oxygen atoms in total. The van der Waals surface area contributed by atoms with Crippen LogP contribution in [-0.2, 0) is 0 Å². The standard InChI is InChI=1S/C11H25NO/c1-5-6-7-8-12(4)9-11(2,3)10-13/h13H,5-10H2,1-4H3. The summed E-state index contributed by atoms with van der Waals surface area (Å²) >= 11 is 0. The van der Waals surface area contributed by atoms with Crippen molar-refractivity contribution < 1.29 is 5.11 Å². The third-order valence-electron chi connectivity index (χ3n) is 2.27. The van der Waals surface area contributed by atoms with Crippen molar-refractivity contribution in [2.75, 3.05) is 26.7 Å². The molecule has 0 aromatic carbocycles. The fourth-order valence-corrected chi connectivity index (χ4v) is 1.49. The van der Waals surface area contributed by atoms with Crippen LogP contribution in [0.4, 0.5) is 0 Å². The molecule has 1 N–H and O–H groups in total. The maximum absolute atomic E-state index is 9.09. The Hall–Kier alpha value is -0.0800. The molecule has 0 aliphatic heterocycles. The first-order valence-corrected chi connectivity index (χ1v) is 5.31.